The molecule has 0 aromatic heterocycles. The molecule has 0 amide bonds. The van der Waals surface area contributed by atoms with Gasteiger partial charge in [0, 0.05) is 13.1 Å². The van der Waals surface area contributed by atoms with Crippen molar-refractivity contribution in [2.24, 2.45) is 11.7 Å². The van der Waals surface area contributed by atoms with Crippen molar-refractivity contribution in [2.45, 2.75) is 31.9 Å². The lowest BCUT2D eigenvalue weighted by Gasteiger charge is -2.26. The van der Waals surface area contributed by atoms with Crippen LogP contribution in [0.4, 0.5) is 13.2 Å². The molecule has 0 radical (unpaired) electrons. The van der Waals surface area contributed by atoms with Gasteiger partial charge in [-0.25, -0.2) is 0 Å². The third-order valence-electron chi connectivity index (χ3n) is 2.92. The summed E-state index contributed by atoms with van der Waals surface area (Å²) >= 11 is 0. The number of hydrogen-bond acceptors (Lipinski definition) is 2. The van der Waals surface area contributed by atoms with E-state index in [1.807, 2.05) is 4.90 Å². The molecule has 1 rings (SSSR count). The van der Waals surface area contributed by atoms with Crippen molar-refractivity contribution in [1.82, 2.24) is 4.90 Å². The Bertz CT molecular complexity index is 174. The number of alkyl halides is 3. The summed E-state index contributed by atoms with van der Waals surface area (Å²) in [4.78, 5) is 1.90. The SMILES string of the molecule is NCC(CN1CCCCCC1)C(F)(F)F. The van der Waals surface area contributed by atoms with Gasteiger partial charge in [-0.1, -0.05) is 12.8 Å². The van der Waals surface area contributed by atoms with Gasteiger partial charge < -0.3 is 10.6 Å². The van der Waals surface area contributed by atoms with E-state index in [1.165, 1.54) is 0 Å². The predicted octanol–water partition coefficient (Wildman–Crippen LogP) is 2.00. The molecule has 0 saturated carbocycles. The first kappa shape index (κ1) is 12.8. The zero-order chi connectivity index (χ0) is 11.3. The van der Waals surface area contributed by atoms with Gasteiger partial charge in [0.25, 0.3) is 0 Å². The summed E-state index contributed by atoms with van der Waals surface area (Å²) in [5.74, 6) is -1.37. The monoisotopic (exact) mass is 224 g/mol. The highest BCUT2D eigenvalue weighted by Crippen LogP contribution is 2.26. The second-order valence-corrected chi connectivity index (χ2v) is 4.19. The predicted molar refractivity (Wildman–Crippen MR) is 53.5 cm³/mol. The Hall–Kier alpha value is -0.290. The molecule has 90 valence electrons. The minimum atomic E-state index is -4.15. The molecular formula is C10H19F3N2. The Morgan fingerprint density at radius 3 is 2.00 bits per heavy atom. The summed E-state index contributed by atoms with van der Waals surface area (Å²) in [6.45, 7) is 1.33. The summed E-state index contributed by atoms with van der Waals surface area (Å²) in [7, 11) is 0. The van der Waals surface area contributed by atoms with Crippen LogP contribution in [-0.2, 0) is 0 Å². The Labute approximate surface area is 88.6 Å². The number of hydrogen-bond donors (Lipinski definition) is 1. The van der Waals surface area contributed by atoms with Crippen molar-refractivity contribution in [1.29, 1.82) is 0 Å². The number of nitrogens with two attached hydrogens (primary N) is 1. The highest BCUT2D eigenvalue weighted by Gasteiger charge is 2.39. The number of nitrogens with zero attached hydrogens (tertiary/aromatic N) is 1. The van der Waals surface area contributed by atoms with Crippen LogP contribution in [0.3, 0.4) is 0 Å². The van der Waals surface area contributed by atoms with Crippen LogP contribution in [0.15, 0.2) is 0 Å². The van der Waals surface area contributed by atoms with Gasteiger partial charge in [0.15, 0.2) is 0 Å². The normalized spacial score (nSPS) is 22.4. The van der Waals surface area contributed by atoms with E-state index in [-0.39, 0.29) is 13.1 Å². The van der Waals surface area contributed by atoms with Crippen LogP contribution in [0.5, 0.6) is 0 Å². The van der Waals surface area contributed by atoms with E-state index in [9.17, 15) is 13.2 Å². The lowest BCUT2D eigenvalue weighted by Crippen LogP contribution is -2.41. The molecule has 15 heavy (non-hydrogen) atoms. The molecule has 0 aromatic carbocycles. The number of halogens is 3. The van der Waals surface area contributed by atoms with Crippen LogP contribution in [0.2, 0.25) is 0 Å². The molecule has 0 bridgehead atoms. The van der Waals surface area contributed by atoms with E-state index in [2.05, 4.69) is 0 Å². The molecule has 1 unspecified atom stereocenters. The van der Waals surface area contributed by atoms with Crippen LogP contribution < -0.4 is 5.73 Å². The molecule has 2 N–H and O–H groups in total. The lowest BCUT2D eigenvalue weighted by atomic mass is 10.1. The minimum absolute atomic E-state index is 0.0694. The first-order valence-electron chi connectivity index (χ1n) is 5.53. The van der Waals surface area contributed by atoms with Crippen LogP contribution in [0.25, 0.3) is 0 Å². The standard InChI is InChI=1S/C10H19F3N2/c11-10(12,13)9(7-14)8-15-5-3-1-2-4-6-15/h9H,1-8,14H2. The largest absolute Gasteiger partial charge is 0.394 e. The second-order valence-electron chi connectivity index (χ2n) is 4.19. The van der Waals surface area contributed by atoms with E-state index >= 15 is 0 Å². The maximum absolute atomic E-state index is 12.5. The Morgan fingerprint density at radius 2 is 1.60 bits per heavy atom. The zero-order valence-corrected chi connectivity index (χ0v) is 8.89. The van der Waals surface area contributed by atoms with Crippen LogP contribution in [-0.4, -0.2) is 37.3 Å². The van der Waals surface area contributed by atoms with Gasteiger partial charge in [-0.15, -0.1) is 0 Å². The topological polar surface area (TPSA) is 29.3 Å². The van der Waals surface area contributed by atoms with Gasteiger partial charge in [0.2, 0.25) is 0 Å². The second kappa shape index (κ2) is 5.70. The lowest BCUT2D eigenvalue weighted by molar-refractivity contribution is -0.176. The third-order valence-corrected chi connectivity index (χ3v) is 2.92. The molecule has 1 heterocycles. The summed E-state index contributed by atoms with van der Waals surface area (Å²) < 4.78 is 37.4. The maximum Gasteiger partial charge on any atom is 0.394 e. The molecule has 1 aliphatic heterocycles. The minimum Gasteiger partial charge on any atom is -0.330 e. The molecule has 1 saturated heterocycles. The van der Waals surface area contributed by atoms with E-state index in [4.69, 9.17) is 5.73 Å². The zero-order valence-electron chi connectivity index (χ0n) is 8.89. The molecule has 1 fully saturated rings. The average Bonchev–Trinajstić information content (AvgIpc) is 2.40. The van der Waals surface area contributed by atoms with Crippen LogP contribution in [0, 0.1) is 5.92 Å². The highest BCUT2D eigenvalue weighted by molar-refractivity contribution is 4.74. The van der Waals surface area contributed by atoms with Gasteiger partial charge in [0.05, 0.1) is 5.92 Å². The molecule has 0 aromatic rings. The summed E-state index contributed by atoms with van der Waals surface area (Å²) in [6, 6.07) is 0. The van der Waals surface area contributed by atoms with Crippen molar-refractivity contribution < 1.29 is 13.2 Å². The van der Waals surface area contributed by atoms with E-state index in [0.29, 0.717) is 0 Å². The van der Waals surface area contributed by atoms with Crippen molar-refractivity contribution in [2.75, 3.05) is 26.2 Å². The van der Waals surface area contributed by atoms with Crippen molar-refractivity contribution in [3.63, 3.8) is 0 Å². The summed E-state index contributed by atoms with van der Waals surface area (Å²) in [5.41, 5.74) is 5.17. The van der Waals surface area contributed by atoms with Crippen molar-refractivity contribution in [3.8, 4) is 0 Å². The highest BCUT2D eigenvalue weighted by atomic mass is 19.4. The molecular weight excluding hydrogens is 205 g/mol. The average molecular weight is 224 g/mol. The van der Waals surface area contributed by atoms with Gasteiger partial charge in [-0.3, -0.25) is 0 Å². The van der Waals surface area contributed by atoms with Gasteiger partial charge >= 0.3 is 6.18 Å². The quantitative estimate of drug-likeness (QED) is 0.794. The van der Waals surface area contributed by atoms with E-state index in [0.717, 1.165) is 38.8 Å². The molecule has 1 atom stereocenters. The first-order valence-corrected chi connectivity index (χ1v) is 5.53. The third kappa shape index (κ3) is 4.38. The van der Waals surface area contributed by atoms with Crippen molar-refractivity contribution in [3.05, 3.63) is 0 Å². The maximum atomic E-state index is 12.5. The molecule has 5 heteroatoms. The molecule has 2 nitrogen and oxygen atoms in total. The molecule has 0 aliphatic carbocycles. The molecule has 0 spiro atoms. The number of rotatable bonds is 3. The van der Waals surface area contributed by atoms with Crippen LogP contribution in [0.1, 0.15) is 25.7 Å². The van der Waals surface area contributed by atoms with Crippen molar-refractivity contribution >= 4 is 0 Å². The van der Waals surface area contributed by atoms with Gasteiger partial charge in [-0.2, -0.15) is 13.2 Å². The first-order chi connectivity index (χ1) is 7.04. The van der Waals surface area contributed by atoms with Crippen LogP contribution >= 0.6 is 0 Å². The Kier molecular flexibility index (Phi) is 4.86. The Balaban J connectivity index is 2.42. The fourth-order valence-corrected chi connectivity index (χ4v) is 1.94. The summed E-state index contributed by atoms with van der Waals surface area (Å²) in [5, 5.41) is 0. The molecule has 1 aliphatic rings. The fourth-order valence-electron chi connectivity index (χ4n) is 1.94. The summed E-state index contributed by atoms with van der Waals surface area (Å²) in [6.07, 6.45) is 0.136. The van der Waals surface area contributed by atoms with Gasteiger partial charge in [-0.05, 0) is 25.9 Å². The van der Waals surface area contributed by atoms with Gasteiger partial charge in [0.1, 0.15) is 0 Å². The smallest absolute Gasteiger partial charge is 0.330 e. The number of likely N-dealkylation sites (tertiary alicyclic amines) is 1. The van der Waals surface area contributed by atoms with E-state index in [1.54, 1.807) is 0 Å². The fraction of sp³-hybridized carbons (Fsp3) is 1.00. The van der Waals surface area contributed by atoms with E-state index < -0.39 is 12.1 Å². The Morgan fingerprint density at radius 1 is 1.07 bits per heavy atom.